The molecule has 2 aromatic carbocycles. The van der Waals surface area contributed by atoms with Crippen LogP contribution in [0.3, 0.4) is 0 Å². The number of carbonyl (C=O) groups is 1. The Morgan fingerprint density at radius 3 is 2.71 bits per heavy atom. The molecule has 1 N–H and O–H groups in total. The molecule has 124 valence electrons. The van der Waals surface area contributed by atoms with Gasteiger partial charge in [0.2, 0.25) is 0 Å². The van der Waals surface area contributed by atoms with Crippen molar-refractivity contribution >= 4 is 11.7 Å². The molecule has 2 heterocycles. The summed E-state index contributed by atoms with van der Waals surface area (Å²) in [7, 11) is 0. The molecule has 1 atom stereocenters. The minimum absolute atomic E-state index is 0.0401. The van der Waals surface area contributed by atoms with Crippen LogP contribution in [-0.2, 0) is 6.42 Å². The fourth-order valence-electron chi connectivity index (χ4n) is 3.48. The number of nitrogens with zero attached hydrogens (tertiary/aromatic N) is 1. The third-order valence-electron chi connectivity index (χ3n) is 4.62. The maximum absolute atomic E-state index is 13.3. The second kappa shape index (κ2) is 5.51. The minimum Gasteiger partial charge on any atom is -0.493 e. The van der Waals surface area contributed by atoms with Crippen LogP contribution in [0.15, 0.2) is 36.4 Å². The van der Waals surface area contributed by atoms with Crippen LogP contribution >= 0.6 is 0 Å². The average molecular weight is 326 g/mol. The van der Waals surface area contributed by atoms with Crippen molar-refractivity contribution in [1.82, 2.24) is 5.32 Å². The molecule has 2 aromatic rings. The predicted octanol–water partition coefficient (Wildman–Crippen LogP) is 3.79. The van der Waals surface area contributed by atoms with Gasteiger partial charge in [-0.15, -0.1) is 0 Å². The summed E-state index contributed by atoms with van der Waals surface area (Å²) < 4.78 is 19.0. The van der Waals surface area contributed by atoms with Crippen LogP contribution in [0.1, 0.15) is 36.6 Å². The average Bonchev–Trinajstić information content (AvgIpc) is 3.00. The van der Waals surface area contributed by atoms with Gasteiger partial charge in [-0.3, -0.25) is 4.90 Å². The van der Waals surface area contributed by atoms with Crippen molar-refractivity contribution in [3.63, 3.8) is 0 Å². The second-order valence-electron chi connectivity index (χ2n) is 6.52. The van der Waals surface area contributed by atoms with Gasteiger partial charge in [-0.05, 0) is 49.2 Å². The molecule has 0 saturated heterocycles. The zero-order chi connectivity index (χ0) is 16.8. The van der Waals surface area contributed by atoms with Crippen molar-refractivity contribution in [2.24, 2.45) is 0 Å². The van der Waals surface area contributed by atoms with E-state index in [1.807, 2.05) is 19.9 Å². The lowest BCUT2D eigenvalue weighted by atomic mass is 9.92. The lowest BCUT2D eigenvalue weighted by molar-refractivity contribution is 0.241. The largest absolute Gasteiger partial charge is 0.493 e. The van der Waals surface area contributed by atoms with Gasteiger partial charge in [0.1, 0.15) is 11.6 Å². The first-order chi connectivity index (χ1) is 11.5. The van der Waals surface area contributed by atoms with E-state index < -0.39 is 0 Å². The van der Waals surface area contributed by atoms with Crippen molar-refractivity contribution in [3.05, 3.63) is 58.9 Å². The summed E-state index contributed by atoms with van der Waals surface area (Å²) in [6, 6.07) is 9.93. The van der Waals surface area contributed by atoms with E-state index in [4.69, 9.17) is 4.74 Å². The molecule has 0 saturated carbocycles. The molecule has 0 bridgehead atoms. The SMILES string of the molecule is CC(C)N1C(=O)NC(c2ccc(F)cc2)c2cc3c(cc21)CCO3. The van der Waals surface area contributed by atoms with Crippen molar-refractivity contribution in [3.8, 4) is 5.75 Å². The fourth-order valence-corrected chi connectivity index (χ4v) is 3.48. The van der Waals surface area contributed by atoms with Gasteiger partial charge in [0.25, 0.3) is 0 Å². The number of hydrogen-bond acceptors (Lipinski definition) is 2. The van der Waals surface area contributed by atoms with Gasteiger partial charge in [-0.1, -0.05) is 12.1 Å². The topological polar surface area (TPSA) is 41.6 Å². The second-order valence-corrected chi connectivity index (χ2v) is 6.52. The number of urea groups is 1. The Balaban J connectivity index is 1.88. The van der Waals surface area contributed by atoms with Crippen molar-refractivity contribution in [2.75, 3.05) is 11.5 Å². The molecule has 0 aromatic heterocycles. The van der Waals surface area contributed by atoms with Gasteiger partial charge in [0.05, 0.1) is 18.3 Å². The monoisotopic (exact) mass is 326 g/mol. The van der Waals surface area contributed by atoms with Crippen molar-refractivity contribution < 1.29 is 13.9 Å². The summed E-state index contributed by atoms with van der Waals surface area (Å²) in [6.45, 7) is 4.65. The standard InChI is InChI=1S/C19H19FN2O2/c1-11(2)22-16-9-13-7-8-24-17(13)10-15(16)18(21-19(22)23)12-3-5-14(20)6-4-12/h3-6,9-11,18H,7-8H2,1-2H3,(H,21,23). The summed E-state index contributed by atoms with van der Waals surface area (Å²) >= 11 is 0. The number of carbonyl (C=O) groups excluding carboxylic acids is 1. The Labute approximate surface area is 140 Å². The summed E-state index contributed by atoms with van der Waals surface area (Å²) in [6.07, 6.45) is 0.859. The van der Waals surface area contributed by atoms with Crippen molar-refractivity contribution in [2.45, 2.75) is 32.4 Å². The highest BCUT2D eigenvalue weighted by Crippen LogP contribution is 2.41. The smallest absolute Gasteiger partial charge is 0.322 e. The molecule has 0 radical (unpaired) electrons. The number of rotatable bonds is 2. The predicted molar refractivity (Wildman–Crippen MR) is 90.0 cm³/mol. The lowest BCUT2D eigenvalue weighted by Crippen LogP contribution is -2.50. The number of anilines is 1. The van der Waals surface area contributed by atoms with E-state index in [1.54, 1.807) is 17.0 Å². The molecule has 1 unspecified atom stereocenters. The summed E-state index contributed by atoms with van der Waals surface area (Å²) in [5.74, 6) is 0.586. The molecule has 4 rings (SSSR count). The first kappa shape index (κ1) is 15.0. The van der Waals surface area contributed by atoms with Crippen LogP contribution in [0.4, 0.5) is 14.9 Å². The zero-order valence-corrected chi connectivity index (χ0v) is 13.7. The summed E-state index contributed by atoms with van der Waals surface area (Å²) in [4.78, 5) is 14.4. The molecule has 0 fully saturated rings. The highest BCUT2D eigenvalue weighted by atomic mass is 19.1. The Hall–Kier alpha value is -2.56. The van der Waals surface area contributed by atoms with E-state index in [0.717, 1.165) is 34.5 Å². The molecule has 4 nitrogen and oxygen atoms in total. The number of benzene rings is 2. The molecule has 0 aliphatic carbocycles. The Kier molecular flexibility index (Phi) is 3.44. The van der Waals surface area contributed by atoms with Crippen LogP contribution in [0.5, 0.6) is 5.75 Å². The van der Waals surface area contributed by atoms with Gasteiger partial charge < -0.3 is 10.1 Å². The van der Waals surface area contributed by atoms with Crippen LogP contribution in [0.2, 0.25) is 0 Å². The first-order valence-electron chi connectivity index (χ1n) is 8.19. The molecule has 2 aliphatic rings. The van der Waals surface area contributed by atoms with Crippen LogP contribution in [0, 0.1) is 5.82 Å². The Bertz CT molecular complexity index is 802. The zero-order valence-electron chi connectivity index (χ0n) is 13.7. The van der Waals surface area contributed by atoms with E-state index in [9.17, 15) is 9.18 Å². The van der Waals surface area contributed by atoms with Crippen molar-refractivity contribution in [1.29, 1.82) is 0 Å². The van der Waals surface area contributed by atoms with Gasteiger partial charge >= 0.3 is 6.03 Å². The molecule has 24 heavy (non-hydrogen) atoms. The third kappa shape index (κ3) is 2.31. The number of amides is 2. The highest BCUT2D eigenvalue weighted by Gasteiger charge is 2.34. The van der Waals surface area contributed by atoms with Crippen LogP contribution in [-0.4, -0.2) is 18.7 Å². The molecule has 0 spiro atoms. The lowest BCUT2D eigenvalue weighted by Gasteiger charge is -2.38. The minimum atomic E-state index is -0.308. The number of nitrogens with one attached hydrogen (secondary N) is 1. The molecule has 5 heteroatoms. The third-order valence-corrected chi connectivity index (χ3v) is 4.62. The molecular weight excluding hydrogens is 307 g/mol. The number of ether oxygens (including phenoxy) is 1. The van der Waals surface area contributed by atoms with Gasteiger partial charge in [0, 0.05) is 18.0 Å². The Morgan fingerprint density at radius 1 is 1.25 bits per heavy atom. The quantitative estimate of drug-likeness (QED) is 0.912. The first-order valence-corrected chi connectivity index (χ1v) is 8.19. The van der Waals surface area contributed by atoms with Crippen LogP contribution in [0.25, 0.3) is 0 Å². The molecular formula is C19H19FN2O2. The van der Waals surface area contributed by atoms with Gasteiger partial charge in [-0.25, -0.2) is 9.18 Å². The van der Waals surface area contributed by atoms with E-state index in [1.165, 1.54) is 12.1 Å². The Morgan fingerprint density at radius 2 is 2.00 bits per heavy atom. The summed E-state index contributed by atoms with van der Waals surface area (Å²) in [5.41, 5.74) is 3.88. The number of halogens is 1. The fraction of sp³-hybridized carbons (Fsp3) is 0.316. The van der Waals surface area contributed by atoms with Gasteiger partial charge in [-0.2, -0.15) is 0 Å². The highest BCUT2D eigenvalue weighted by molar-refractivity contribution is 5.97. The normalized spacial score (nSPS) is 18.9. The van der Waals surface area contributed by atoms with E-state index >= 15 is 0 Å². The van der Waals surface area contributed by atoms with Gasteiger partial charge in [0.15, 0.2) is 0 Å². The number of hydrogen-bond donors (Lipinski definition) is 1. The molecule has 2 amide bonds. The number of fused-ring (bicyclic) bond motifs is 2. The van der Waals surface area contributed by atoms with E-state index in [0.29, 0.717) is 6.61 Å². The van der Waals surface area contributed by atoms with E-state index in [-0.39, 0.29) is 23.9 Å². The van der Waals surface area contributed by atoms with Crippen LogP contribution < -0.4 is 15.0 Å². The maximum Gasteiger partial charge on any atom is 0.322 e. The summed E-state index contributed by atoms with van der Waals surface area (Å²) in [5, 5.41) is 3.04. The maximum atomic E-state index is 13.3. The molecule has 2 aliphatic heterocycles. The van der Waals surface area contributed by atoms with E-state index in [2.05, 4.69) is 11.4 Å².